The maximum atomic E-state index is 6.16. The van der Waals surface area contributed by atoms with Gasteiger partial charge in [-0.15, -0.1) is 0 Å². The predicted molar refractivity (Wildman–Crippen MR) is 71.4 cm³/mol. The van der Waals surface area contributed by atoms with E-state index in [0.717, 1.165) is 6.42 Å². The fourth-order valence-electron chi connectivity index (χ4n) is 2.93. The highest BCUT2D eigenvalue weighted by molar-refractivity contribution is 6.59. The van der Waals surface area contributed by atoms with Gasteiger partial charge in [0, 0.05) is 25.9 Å². The molecule has 1 aliphatic heterocycles. The van der Waals surface area contributed by atoms with Crippen LogP contribution >= 0.6 is 0 Å². The van der Waals surface area contributed by atoms with Crippen LogP contribution in [0.3, 0.4) is 0 Å². The third-order valence-corrected chi connectivity index (χ3v) is 6.35. The van der Waals surface area contributed by atoms with Crippen molar-refractivity contribution in [2.45, 2.75) is 64.9 Å². The summed E-state index contributed by atoms with van der Waals surface area (Å²) in [4.78, 5) is 0. The Bertz CT molecular complexity index is 268. The van der Waals surface area contributed by atoms with Crippen LogP contribution in [-0.2, 0) is 18.0 Å². The van der Waals surface area contributed by atoms with Gasteiger partial charge in [0.1, 0.15) is 0 Å². The fraction of sp³-hybridized carbons (Fsp3) is 1.00. The fourth-order valence-corrected chi connectivity index (χ4v) is 5.07. The smallest absolute Gasteiger partial charge is 0.374 e. The van der Waals surface area contributed by atoms with Crippen LogP contribution in [-0.4, -0.2) is 40.3 Å². The zero-order chi connectivity index (χ0) is 13.2. The summed E-state index contributed by atoms with van der Waals surface area (Å²) in [6, 6.07) is 0. The molecule has 5 heteroatoms. The van der Waals surface area contributed by atoms with E-state index < -0.39 is 8.80 Å². The molecular formula is C13H26O4Si. The van der Waals surface area contributed by atoms with E-state index in [2.05, 4.69) is 6.92 Å². The second kappa shape index (κ2) is 6.01. The summed E-state index contributed by atoms with van der Waals surface area (Å²) in [5.41, 5.74) is 0. The summed E-state index contributed by atoms with van der Waals surface area (Å²) in [5, 5.41) is 0. The van der Waals surface area contributed by atoms with Crippen LogP contribution in [0.5, 0.6) is 0 Å². The first-order valence-corrected chi connectivity index (χ1v) is 9.41. The first kappa shape index (κ1) is 14.5. The third kappa shape index (κ3) is 3.54. The van der Waals surface area contributed by atoms with Crippen LogP contribution in [0.2, 0.25) is 6.55 Å². The molecule has 1 saturated carbocycles. The molecule has 1 aliphatic carbocycles. The van der Waals surface area contributed by atoms with Gasteiger partial charge < -0.3 is 18.0 Å². The topological polar surface area (TPSA) is 40.2 Å². The monoisotopic (exact) mass is 274 g/mol. The van der Waals surface area contributed by atoms with Crippen LogP contribution in [0.1, 0.15) is 40.0 Å². The van der Waals surface area contributed by atoms with Crippen molar-refractivity contribution in [3.05, 3.63) is 0 Å². The molecule has 4 nitrogen and oxygen atoms in total. The van der Waals surface area contributed by atoms with Gasteiger partial charge in [-0.1, -0.05) is 0 Å². The van der Waals surface area contributed by atoms with E-state index in [1.807, 2.05) is 20.4 Å². The lowest BCUT2D eigenvalue weighted by atomic mass is 9.86. The Balaban J connectivity index is 1.85. The van der Waals surface area contributed by atoms with Gasteiger partial charge in [0.15, 0.2) is 0 Å². The number of epoxide rings is 1. The highest BCUT2D eigenvalue weighted by Gasteiger charge is 2.46. The molecule has 0 amide bonds. The van der Waals surface area contributed by atoms with E-state index >= 15 is 0 Å². The summed E-state index contributed by atoms with van der Waals surface area (Å²) in [7, 11) is -2.45. The third-order valence-electron chi connectivity index (χ3n) is 3.92. The number of ether oxygens (including phenoxy) is 1. The van der Waals surface area contributed by atoms with Gasteiger partial charge in [-0.25, -0.2) is 0 Å². The number of hydrogen-bond donors (Lipinski definition) is 0. The molecule has 0 aromatic rings. The molecular weight excluding hydrogens is 248 g/mol. The highest BCUT2D eigenvalue weighted by atomic mass is 28.4. The Kier molecular flexibility index (Phi) is 4.83. The molecule has 106 valence electrons. The Morgan fingerprint density at radius 2 is 1.83 bits per heavy atom. The number of hydrogen-bond acceptors (Lipinski definition) is 4. The van der Waals surface area contributed by atoms with E-state index in [9.17, 15) is 0 Å². The lowest BCUT2D eigenvalue weighted by molar-refractivity contribution is 0.0158. The summed E-state index contributed by atoms with van der Waals surface area (Å²) in [6.45, 7) is 9.41. The Hall–Kier alpha value is 0.0569. The molecule has 0 aromatic carbocycles. The van der Waals surface area contributed by atoms with Crippen molar-refractivity contribution < 1.29 is 18.0 Å². The first-order chi connectivity index (χ1) is 8.58. The summed E-state index contributed by atoms with van der Waals surface area (Å²) in [6.07, 6.45) is 4.77. The van der Waals surface area contributed by atoms with Crippen molar-refractivity contribution >= 4 is 8.80 Å². The minimum atomic E-state index is -2.45. The van der Waals surface area contributed by atoms with Crippen LogP contribution in [0.15, 0.2) is 0 Å². The summed E-state index contributed by atoms with van der Waals surface area (Å²) >= 11 is 0. The van der Waals surface area contributed by atoms with E-state index in [1.54, 1.807) is 0 Å². The quantitative estimate of drug-likeness (QED) is 0.528. The number of rotatable bonds is 7. The van der Waals surface area contributed by atoms with Crippen molar-refractivity contribution in [2.75, 3.05) is 13.2 Å². The largest absolute Gasteiger partial charge is 0.497 e. The minimum Gasteiger partial charge on any atom is -0.374 e. The van der Waals surface area contributed by atoms with Crippen molar-refractivity contribution in [3.63, 3.8) is 0 Å². The van der Waals surface area contributed by atoms with Crippen LogP contribution in [0.4, 0.5) is 0 Å². The maximum absolute atomic E-state index is 6.16. The van der Waals surface area contributed by atoms with Crippen LogP contribution in [0, 0.1) is 5.92 Å². The molecule has 0 N–H and O–H groups in total. The summed E-state index contributed by atoms with van der Waals surface area (Å²) < 4.78 is 23.2. The minimum absolute atomic E-state index is 0.199. The molecule has 1 saturated heterocycles. The molecule has 0 aromatic heterocycles. The molecule has 18 heavy (non-hydrogen) atoms. The van der Waals surface area contributed by atoms with Crippen molar-refractivity contribution in [3.8, 4) is 0 Å². The van der Waals surface area contributed by atoms with Gasteiger partial charge in [-0.3, -0.25) is 0 Å². The van der Waals surface area contributed by atoms with E-state index in [0.29, 0.717) is 31.3 Å². The second-order valence-electron chi connectivity index (χ2n) is 5.34. The Morgan fingerprint density at radius 3 is 2.39 bits per heavy atom. The maximum Gasteiger partial charge on any atom is 0.497 e. The van der Waals surface area contributed by atoms with Gasteiger partial charge in [-0.2, -0.15) is 0 Å². The normalized spacial score (nSPS) is 33.0. The lowest BCUT2D eigenvalue weighted by Gasteiger charge is -2.33. The summed E-state index contributed by atoms with van der Waals surface area (Å²) in [5.74, 6) is 0.585. The molecule has 0 spiro atoms. The lowest BCUT2D eigenvalue weighted by Crippen LogP contribution is -2.47. The van der Waals surface area contributed by atoms with Gasteiger partial charge in [-0.05, 0) is 46.0 Å². The molecule has 2 rings (SSSR count). The molecule has 0 radical (unpaired) electrons. The van der Waals surface area contributed by atoms with Crippen LogP contribution in [0.25, 0.3) is 0 Å². The Morgan fingerprint density at radius 1 is 1.17 bits per heavy atom. The Labute approximate surface area is 111 Å². The molecule has 4 unspecified atom stereocenters. The van der Waals surface area contributed by atoms with Crippen molar-refractivity contribution in [2.24, 2.45) is 5.92 Å². The average Bonchev–Trinajstić information content (AvgIpc) is 3.06. The van der Waals surface area contributed by atoms with Crippen molar-refractivity contribution in [1.82, 2.24) is 0 Å². The highest BCUT2D eigenvalue weighted by Crippen LogP contribution is 2.41. The zero-order valence-electron chi connectivity index (χ0n) is 12.0. The van der Waals surface area contributed by atoms with Crippen LogP contribution < -0.4 is 0 Å². The number of fused-ring (bicyclic) bond motifs is 1. The average molecular weight is 274 g/mol. The molecule has 2 aliphatic rings. The molecule has 1 heterocycles. The molecule has 0 bridgehead atoms. The molecule has 4 atom stereocenters. The standard InChI is InChI=1S/C13H26O4Si/c1-5-14-18(4,15-6-2)17-10(3)11-7-8-12-13(9-11)16-12/h10-13H,5-9H2,1-4H3. The van der Waals surface area contributed by atoms with Crippen molar-refractivity contribution in [1.29, 1.82) is 0 Å². The first-order valence-electron chi connectivity index (χ1n) is 7.19. The van der Waals surface area contributed by atoms with Gasteiger partial charge in [0.25, 0.3) is 0 Å². The van der Waals surface area contributed by atoms with Gasteiger partial charge in [0.05, 0.1) is 12.2 Å². The van der Waals surface area contributed by atoms with E-state index in [-0.39, 0.29) is 6.10 Å². The van der Waals surface area contributed by atoms with E-state index in [4.69, 9.17) is 18.0 Å². The SMILES string of the molecule is CCO[Si](C)(OCC)OC(C)C1CCC2OC2C1. The second-order valence-corrected chi connectivity index (χ2v) is 7.88. The van der Waals surface area contributed by atoms with Gasteiger partial charge >= 0.3 is 8.80 Å². The predicted octanol–water partition coefficient (Wildman–Crippen LogP) is 2.60. The zero-order valence-corrected chi connectivity index (χ0v) is 13.0. The van der Waals surface area contributed by atoms with E-state index in [1.165, 1.54) is 12.8 Å². The molecule has 2 fully saturated rings. The van der Waals surface area contributed by atoms with Gasteiger partial charge in [0.2, 0.25) is 0 Å².